The van der Waals surface area contributed by atoms with Crippen LogP contribution in [0.2, 0.25) is 0 Å². The Kier molecular flexibility index (Phi) is 4.11. The zero-order valence-electron chi connectivity index (χ0n) is 10.00. The zero-order chi connectivity index (χ0) is 11.2. The van der Waals surface area contributed by atoms with Crippen molar-refractivity contribution in [1.29, 1.82) is 0 Å². The Balaban J connectivity index is 1.70. The molecule has 1 N–H and O–H groups in total. The Hall–Kier alpha value is -1.15. The second kappa shape index (κ2) is 5.80. The van der Waals surface area contributed by atoms with Gasteiger partial charge in [0.25, 0.3) is 0 Å². The molecule has 0 bridgehead atoms. The summed E-state index contributed by atoms with van der Waals surface area (Å²) in [6.07, 6.45) is 9.41. The van der Waals surface area contributed by atoms with Crippen LogP contribution in [0.25, 0.3) is 0 Å². The molecule has 0 amide bonds. The van der Waals surface area contributed by atoms with Gasteiger partial charge in [0.05, 0.1) is 5.69 Å². The number of hydrogen-bond acceptors (Lipinski definition) is 2. The van der Waals surface area contributed by atoms with Crippen molar-refractivity contribution >= 4 is 0 Å². The number of nitrogens with one attached hydrogen (secondary N) is 1. The lowest BCUT2D eigenvalue weighted by molar-refractivity contribution is 0.662. The molecule has 1 aliphatic carbocycles. The van der Waals surface area contributed by atoms with Crippen LogP contribution >= 0.6 is 0 Å². The van der Waals surface area contributed by atoms with Gasteiger partial charge in [-0.3, -0.25) is 4.98 Å². The molecule has 0 aliphatic heterocycles. The number of aromatic nitrogens is 1. The molecule has 16 heavy (non-hydrogen) atoms. The molecule has 1 aromatic rings. The quantitative estimate of drug-likeness (QED) is 0.604. The van der Waals surface area contributed by atoms with E-state index in [2.05, 4.69) is 29.4 Å². The van der Waals surface area contributed by atoms with E-state index in [0.717, 1.165) is 13.1 Å². The molecule has 0 saturated heterocycles. The Morgan fingerprint density at radius 2 is 2.38 bits per heavy atom. The second-order valence-electron chi connectivity index (χ2n) is 4.45. The highest BCUT2D eigenvalue weighted by Crippen LogP contribution is 2.19. The molecule has 0 unspecified atom stereocenters. The minimum atomic E-state index is 0.889. The van der Waals surface area contributed by atoms with Crippen molar-refractivity contribution in [3.05, 3.63) is 41.2 Å². The van der Waals surface area contributed by atoms with E-state index in [9.17, 15) is 0 Å². The van der Waals surface area contributed by atoms with Crippen molar-refractivity contribution in [3.63, 3.8) is 0 Å². The van der Waals surface area contributed by atoms with Crippen molar-refractivity contribution in [2.24, 2.45) is 0 Å². The van der Waals surface area contributed by atoms with Crippen LogP contribution in [-0.2, 0) is 6.54 Å². The molecule has 0 aromatic carbocycles. The molecule has 0 radical (unpaired) electrons. The van der Waals surface area contributed by atoms with Crippen LogP contribution in [0.4, 0.5) is 0 Å². The number of rotatable bonds is 5. The van der Waals surface area contributed by atoms with Crippen LogP contribution in [0.15, 0.2) is 30.0 Å². The van der Waals surface area contributed by atoms with Crippen LogP contribution in [0.5, 0.6) is 0 Å². The lowest BCUT2D eigenvalue weighted by atomic mass is 10.1. The van der Waals surface area contributed by atoms with Gasteiger partial charge in [0.15, 0.2) is 0 Å². The number of nitrogens with zero attached hydrogens (tertiary/aromatic N) is 1. The van der Waals surface area contributed by atoms with Gasteiger partial charge in [-0.05, 0) is 50.8 Å². The van der Waals surface area contributed by atoms with Gasteiger partial charge >= 0.3 is 0 Å². The second-order valence-corrected chi connectivity index (χ2v) is 4.45. The van der Waals surface area contributed by atoms with Crippen LogP contribution in [0.1, 0.15) is 36.9 Å². The molecule has 2 rings (SSSR count). The summed E-state index contributed by atoms with van der Waals surface area (Å²) in [7, 11) is 0. The maximum atomic E-state index is 4.37. The van der Waals surface area contributed by atoms with Crippen molar-refractivity contribution in [2.45, 2.75) is 39.2 Å². The number of allylic oxidation sites excluding steroid dienone is 1. The Bertz CT molecular complexity index is 369. The molecule has 86 valence electrons. The van der Waals surface area contributed by atoms with Gasteiger partial charge in [-0.25, -0.2) is 0 Å². The third-order valence-corrected chi connectivity index (χ3v) is 3.17. The Labute approximate surface area is 97.8 Å². The summed E-state index contributed by atoms with van der Waals surface area (Å²) in [5.74, 6) is 0. The van der Waals surface area contributed by atoms with E-state index >= 15 is 0 Å². The predicted molar refractivity (Wildman–Crippen MR) is 67.2 cm³/mol. The average molecular weight is 216 g/mol. The summed E-state index contributed by atoms with van der Waals surface area (Å²) in [5.41, 5.74) is 4.07. The maximum absolute atomic E-state index is 4.37. The first-order chi connectivity index (χ1) is 7.86. The topological polar surface area (TPSA) is 24.9 Å². The van der Waals surface area contributed by atoms with Gasteiger partial charge in [0.1, 0.15) is 0 Å². The van der Waals surface area contributed by atoms with E-state index in [1.807, 2.05) is 12.3 Å². The molecule has 0 saturated carbocycles. The standard InChI is InChI=1S/C14H20N2/c1-12-5-4-9-16-14(12)11-15-10-8-13-6-2-3-7-13/h4-6,9,15H,2-3,7-8,10-11H2,1H3. The summed E-state index contributed by atoms with van der Waals surface area (Å²) in [5, 5.41) is 3.47. The first kappa shape index (κ1) is 11.3. The van der Waals surface area contributed by atoms with Crippen molar-refractivity contribution in [1.82, 2.24) is 10.3 Å². The van der Waals surface area contributed by atoms with E-state index in [1.165, 1.54) is 36.9 Å². The monoisotopic (exact) mass is 216 g/mol. The third-order valence-electron chi connectivity index (χ3n) is 3.17. The molecular formula is C14H20N2. The fourth-order valence-electron chi connectivity index (χ4n) is 2.12. The van der Waals surface area contributed by atoms with Crippen molar-refractivity contribution in [3.8, 4) is 0 Å². The molecule has 1 aliphatic rings. The van der Waals surface area contributed by atoms with Gasteiger partial charge in [0, 0.05) is 12.7 Å². The fraction of sp³-hybridized carbons (Fsp3) is 0.500. The lowest BCUT2D eigenvalue weighted by Gasteiger charge is -2.07. The highest BCUT2D eigenvalue weighted by Gasteiger charge is 2.03. The smallest absolute Gasteiger partial charge is 0.0570 e. The first-order valence-electron chi connectivity index (χ1n) is 6.15. The molecule has 1 aromatic heterocycles. The highest BCUT2D eigenvalue weighted by atomic mass is 14.9. The Morgan fingerprint density at radius 3 is 3.12 bits per heavy atom. The fourth-order valence-corrected chi connectivity index (χ4v) is 2.12. The molecule has 2 nitrogen and oxygen atoms in total. The van der Waals surface area contributed by atoms with E-state index in [4.69, 9.17) is 0 Å². The van der Waals surface area contributed by atoms with Gasteiger partial charge in [-0.15, -0.1) is 0 Å². The number of pyridine rings is 1. The summed E-state index contributed by atoms with van der Waals surface area (Å²) in [6, 6.07) is 4.10. The summed E-state index contributed by atoms with van der Waals surface area (Å²) in [4.78, 5) is 4.37. The molecule has 0 spiro atoms. The summed E-state index contributed by atoms with van der Waals surface area (Å²) >= 11 is 0. The minimum Gasteiger partial charge on any atom is -0.311 e. The SMILES string of the molecule is Cc1cccnc1CNCCC1=CCCC1. The van der Waals surface area contributed by atoms with Crippen LogP contribution < -0.4 is 5.32 Å². The molecule has 0 atom stereocenters. The molecule has 1 heterocycles. The van der Waals surface area contributed by atoms with Crippen molar-refractivity contribution in [2.75, 3.05) is 6.54 Å². The molecule has 0 fully saturated rings. The number of hydrogen-bond donors (Lipinski definition) is 1. The third kappa shape index (κ3) is 3.17. The van der Waals surface area contributed by atoms with E-state index in [1.54, 1.807) is 5.57 Å². The maximum Gasteiger partial charge on any atom is 0.0570 e. The van der Waals surface area contributed by atoms with Crippen LogP contribution in [0, 0.1) is 6.92 Å². The van der Waals surface area contributed by atoms with E-state index < -0.39 is 0 Å². The number of aryl methyl sites for hydroxylation is 1. The van der Waals surface area contributed by atoms with Gasteiger partial charge < -0.3 is 5.32 Å². The average Bonchev–Trinajstić information content (AvgIpc) is 2.79. The van der Waals surface area contributed by atoms with Gasteiger partial charge in [-0.2, -0.15) is 0 Å². The summed E-state index contributed by atoms with van der Waals surface area (Å²) < 4.78 is 0. The minimum absolute atomic E-state index is 0.889. The largest absolute Gasteiger partial charge is 0.311 e. The van der Waals surface area contributed by atoms with Gasteiger partial charge in [0.2, 0.25) is 0 Å². The molecular weight excluding hydrogens is 196 g/mol. The van der Waals surface area contributed by atoms with Crippen LogP contribution in [0.3, 0.4) is 0 Å². The highest BCUT2D eigenvalue weighted by molar-refractivity contribution is 5.17. The Morgan fingerprint density at radius 1 is 1.44 bits per heavy atom. The van der Waals surface area contributed by atoms with Crippen molar-refractivity contribution < 1.29 is 0 Å². The molecule has 2 heteroatoms. The normalized spacial score (nSPS) is 15.2. The first-order valence-corrected chi connectivity index (χ1v) is 6.15. The van der Waals surface area contributed by atoms with E-state index in [-0.39, 0.29) is 0 Å². The lowest BCUT2D eigenvalue weighted by Crippen LogP contribution is -2.16. The predicted octanol–water partition coefficient (Wildman–Crippen LogP) is 2.98. The summed E-state index contributed by atoms with van der Waals surface area (Å²) in [6.45, 7) is 4.07. The van der Waals surface area contributed by atoms with Gasteiger partial charge in [-0.1, -0.05) is 17.7 Å². The van der Waals surface area contributed by atoms with Crippen LogP contribution in [-0.4, -0.2) is 11.5 Å². The van der Waals surface area contributed by atoms with E-state index in [0.29, 0.717) is 0 Å². The zero-order valence-corrected chi connectivity index (χ0v) is 10.00.